The number of carbonyl (C=O) groups excluding carboxylic acids is 1. The molecule has 0 saturated carbocycles. The minimum atomic E-state index is -0.158. The predicted molar refractivity (Wildman–Crippen MR) is 92.2 cm³/mol. The van der Waals surface area contributed by atoms with Gasteiger partial charge in [-0.15, -0.1) is 0 Å². The van der Waals surface area contributed by atoms with Crippen molar-refractivity contribution in [2.24, 2.45) is 0 Å². The van der Waals surface area contributed by atoms with Gasteiger partial charge < -0.3 is 14.2 Å². The zero-order valence-electron chi connectivity index (χ0n) is 13.9. The highest BCUT2D eigenvalue weighted by Gasteiger charge is 2.39. The Morgan fingerprint density at radius 3 is 2.67 bits per heavy atom. The van der Waals surface area contributed by atoms with Crippen molar-refractivity contribution >= 4 is 16.9 Å². The second kappa shape index (κ2) is 6.06. The first kappa shape index (κ1) is 15.4. The molecule has 5 nitrogen and oxygen atoms in total. The fourth-order valence-corrected chi connectivity index (χ4v) is 4.22. The number of amides is 1. The van der Waals surface area contributed by atoms with Gasteiger partial charge in [0.05, 0.1) is 5.39 Å². The lowest BCUT2D eigenvalue weighted by Gasteiger charge is -2.32. The average molecular weight is 326 g/mol. The van der Waals surface area contributed by atoms with Gasteiger partial charge in [0.25, 0.3) is 5.91 Å². The second-order valence-corrected chi connectivity index (χ2v) is 6.87. The topological polar surface area (TPSA) is 53.8 Å². The molecular weight excluding hydrogens is 304 g/mol. The summed E-state index contributed by atoms with van der Waals surface area (Å²) >= 11 is 0. The zero-order chi connectivity index (χ0) is 16.7. The van der Waals surface area contributed by atoms with Crippen molar-refractivity contribution < 1.29 is 9.21 Å². The third-order valence-electron chi connectivity index (χ3n) is 5.43. The van der Waals surface area contributed by atoms with Crippen LogP contribution in [0, 0.1) is 0 Å². The quantitative estimate of drug-likeness (QED) is 0.851. The van der Waals surface area contributed by atoms with Crippen molar-refractivity contribution in [3.05, 3.63) is 46.3 Å². The average Bonchev–Trinajstić information content (AvgIpc) is 3.22. The normalized spacial score (nSPS) is 24.8. The van der Waals surface area contributed by atoms with Crippen LogP contribution in [0.3, 0.4) is 0 Å². The fourth-order valence-electron chi connectivity index (χ4n) is 4.22. The van der Waals surface area contributed by atoms with E-state index < -0.39 is 0 Å². The van der Waals surface area contributed by atoms with Gasteiger partial charge in [-0.25, -0.2) is 0 Å². The number of hydrogen-bond donors (Lipinski definition) is 0. The molecule has 3 heterocycles. The summed E-state index contributed by atoms with van der Waals surface area (Å²) in [7, 11) is 2.13. The van der Waals surface area contributed by atoms with Crippen LogP contribution in [0.1, 0.15) is 36.2 Å². The van der Waals surface area contributed by atoms with E-state index in [-0.39, 0.29) is 23.1 Å². The highest BCUT2D eigenvalue weighted by atomic mass is 16.3. The molecule has 1 aromatic heterocycles. The lowest BCUT2D eigenvalue weighted by atomic mass is 10.0. The summed E-state index contributed by atoms with van der Waals surface area (Å²) < 4.78 is 5.75. The Morgan fingerprint density at radius 2 is 1.88 bits per heavy atom. The molecule has 2 unspecified atom stereocenters. The van der Waals surface area contributed by atoms with Crippen LogP contribution in [0.5, 0.6) is 0 Å². The molecule has 2 aromatic rings. The van der Waals surface area contributed by atoms with Crippen LogP contribution in [-0.4, -0.2) is 47.9 Å². The first-order valence-corrected chi connectivity index (χ1v) is 8.69. The molecule has 2 aliphatic heterocycles. The molecule has 2 fully saturated rings. The Morgan fingerprint density at radius 1 is 1.12 bits per heavy atom. The SMILES string of the molecule is CN1CCCC1C1CCCN1C(=O)c1cc(=O)c2ccccc2o1. The number of benzene rings is 1. The van der Waals surface area contributed by atoms with Gasteiger partial charge in [0.2, 0.25) is 0 Å². The van der Waals surface area contributed by atoms with E-state index in [1.807, 2.05) is 11.0 Å². The van der Waals surface area contributed by atoms with Crippen molar-refractivity contribution in [1.29, 1.82) is 0 Å². The van der Waals surface area contributed by atoms with Gasteiger partial charge in [-0.05, 0) is 51.4 Å². The van der Waals surface area contributed by atoms with Crippen LogP contribution in [-0.2, 0) is 0 Å². The molecule has 0 bridgehead atoms. The molecule has 4 rings (SSSR count). The van der Waals surface area contributed by atoms with Crippen LogP contribution in [0.2, 0.25) is 0 Å². The Hall–Kier alpha value is -2.14. The summed E-state index contributed by atoms with van der Waals surface area (Å²) in [6.45, 7) is 1.83. The number of likely N-dealkylation sites (N-methyl/N-ethyl adjacent to an activating group) is 1. The van der Waals surface area contributed by atoms with E-state index in [0.717, 1.165) is 32.4 Å². The van der Waals surface area contributed by atoms with Crippen LogP contribution in [0.15, 0.2) is 39.5 Å². The van der Waals surface area contributed by atoms with Gasteiger partial charge in [-0.2, -0.15) is 0 Å². The van der Waals surface area contributed by atoms with E-state index in [1.165, 1.54) is 12.5 Å². The summed E-state index contributed by atoms with van der Waals surface area (Å²) in [4.78, 5) is 29.5. The smallest absolute Gasteiger partial charge is 0.290 e. The first-order valence-electron chi connectivity index (χ1n) is 8.69. The summed E-state index contributed by atoms with van der Waals surface area (Å²) in [6.07, 6.45) is 4.36. The standard InChI is InChI=1S/C19H22N2O3/c1-20-10-4-7-14(20)15-8-5-11-21(15)19(23)18-12-16(22)13-6-2-3-9-17(13)24-18/h2-3,6,9,12,14-15H,4-5,7-8,10-11H2,1H3. The van der Waals surface area contributed by atoms with Crippen molar-refractivity contribution in [3.63, 3.8) is 0 Å². The fraction of sp³-hybridized carbons (Fsp3) is 0.474. The molecule has 2 aliphatic rings. The van der Waals surface area contributed by atoms with Crippen molar-refractivity contribution in [3.8, 4) is 0 Å². The van der Waals surface area contributed by atoms with Gasteiger partial charge in [0, 0.05) is 24.7 Å². The first-order chi connectivity index (χ1) is 11.6. The van der Waals surface area contributed by atoms with Crippen LogP contribution in [0.25, 0.3) is 11.0 Å². The van der Waals surface area contributed by atoms with Gasteiger partial charge >= 0.3 is 0 Å². The number of fused-ring (bicyclic) bond motifs is 1. The van der Waals surface area contributed by atoms with Gasteiger partial charge in [0.15, 0.2) is 11.2 Å². The molecule has 0 radical (unpaired) electrons. The molecule has 0 N–H and O–H groups in total. The minimum absolute atomic E-state index is 0.152. The van der Waals surface area contributed by atoms with E-state index in [9.17, 15) is 9.59 Å². The third-order valence-corrected chi connectivity index (χ3v) is 5.43. The van der Waals surface area contributed by atoms with Crippen LogP contribution < -0.4 is 5.43 Å². The Kier molecular flexibility index (Phi) is 3.88. The minimum Gasteiger partial charge on any atom is -0.451 e. The van der Waals surface area contributed by atoms with Crippen molar-refractivity contribution in [2.75, 3.05) is 20.1 Å². The monoisotopic (exact) mass is 326 g/mol. The predicted octanol–water partition coefficient (Wildman–Crippen LogP) is 2.49. The summed E-state index contributed by atoms with van der Waals surface area (Å²) in [5.74, 6) is 0.00639. The molecular formula is C19H22N2O3. The molecule has 126 valence electrons. The van der Waals surface area contributed by atoms with Gasteiger partial charge in [0.1, 0.15) is 5.58 Å². The Bertz CT molecular complexity index is 829. The number of nitrogens with zero attached hydrogens (tertiary/aromatic N) is 2. The molecule has 2 atom stereocenters. The second-order valence-electron chi connectivity index (χ2n) is 6.87. The lowest BCUT2D eigenvalue weighted by Crippen LogP contribution is -2.47. The number of para-hydroxylation sites is 1. The van der Waals surface area contributed by atoms with Gasteiger partial charge in [-0.3, -0.25) is 9.59 Å². The molecule has 1 aromatic carbocycles. The molecule has 0 spiro atoms. The van der Waals surface area contributed by atoms with E-state index in [1.54, 1.807) is 18.2 Å². The molecule has 1 amide bonds. The largest absolute Gasteiger partial charge is 0.451 e. The van der Waals surface area contributed by atoms with Crippen molar-refractivity contribution in [2.45, 2.75) is 37.8 Å². The van der Waals surface area contributed by atoms with Crippen molar-refractivity contribution in [1.82, 2.24) is 9.80 Å². The van der Waals surface area contributed by atoms with Crippen LogP contribution in [0.4, 0.5) is 0 Å². The summed E-state index contributed by atoms with van der Waals surface area (Å²) in [5.41, 5.74) is 0.316. The molecule has 24 heavy (non-hydrogen) atoms. The zero-order valence-corrected chi connectivity index (χ0v) is 13.9. The van der Waals surface area contributed by atoms with Crippen LogP contribution >= 0.6 is 0 Å². The van der Waals surface area contributed by atoms with Gasteiger partial charge in [-0.1, -0.05) is 12.1 Å². The summed E-state index contributed by atoms with van der Waals surface area (Å²) in [5, 5.41) is 0.516. The maximum Gasteiger partial charge on any atom is 0.290 e. The maximum absolute atomic E-state index is 13.0. The highest BCUT2D eigenvalue weighted by Crippen LogP contribution is 2.30. The van der Waals surface area contributed by atoms with E-state index in [4.69, 9.17) is 4.42 Å². The molecule has 2 saturated heterocycles. The molecule has 0 aliphatic carbocycles. The number of hydrogen-bond acceptors (Lipinski definition) is 4. The van der Waals surface area contributed by atoms with E-state index in [2.05, 4.69) is 11.9 Å². The number of likely N-dealkylation sites (tertiary alicyclic amines) is 2. The third kappa shape index (κ3) is 2.53. The Balaban J connectivity index is 1.66. The molecule has 5 heteroatoms. The Labute approximate surface area is 140 Å². The number of rotatable bonds is 2. The van der Waals surface area contributed by atoms with E-state index >= 15 is 0 Å². The summed E-state index contributed by atoms with van der Waals surface area (Å²) in [6, 6.07) is 9.06. The maximum atomic E-state index is 13.0. The highest BCUT2D eigenvalue weighted by molar-refractivity contribution is 5.93. The van der Waals surface area contributed by atoms with E-state index in [0.29, 0.717) is 17.0 Å². The number of carbonyl (C=O) groups is 1. The lowest BCUT2D eigenvalue weighted by molar-refractivity contribution is 0.0633.